The third-order valence-corrected chi connectivity index (χ3v) is 8.83. The van der Waals surface area contributed by atoms with Crippen LogP contribution < -0.4 is 0 Å². The minimum Gasteiger partial charge on any atom is -0.344 e. The van der Waals surface area contributed by atoms with Crippen molar-refractivity contribution in [3.8, 4) is 5.69 Å². The number of rotatable bonds is 7. The van der Waals surface area contributed by atoms with Gasteiger partial charge in [-0.3, -0.25) is 4.79 Å². The summed E-state index contributed by atoms with van der Waals surface area (Å²) in [6.07, 6.45) is 2.85. The van der Waals surface area contributed by atoms with Crippen molar-refractivity contribution in [1.29, 1.82) is 0 Å². The Morgan fingerprint density at radius 3 is 2.56 bits per heavy atom. The fraction of sp³-hybridized carbons (Fsp3) is 0.435. The maximum atomic E-state index is 13.0. The monoisotopic (exact) mass is 470 g/mol. The zero-order valence-electron chi connectivity index (χ0n) is 18.2. The van der Waals surface area contributed by atoms with E-state index in [1.54, 1.807) is 0 Å². The Morgan fingerprint density at radius 1 is 1.16 bits per heavy atom. The highest BCUT2D eigenvalue weighted by Crippen LogP contribution is 2.40. The van der Waals surface area contributed by atoms with Gasteiger partial charge in [0.25, 0.3) is 0 Å². The van der Waals surface area contributed by atoms with E-state index in [2.05, 4.69) is 5.10 Å². The molecule has 9 heteroatoms. The maximum Gasteiger partial charge on any atom is 0.209 e. The summed E-state index contributed by atoms with van der Waals surface area (Å²) in [5, 5.41) is 5.29. The summed E-state index contributed by atoms with van der Waals surface area (Å²) in [5.74, 6) is 2.03. The number of hydrogen-bond donors (Lipinski definition) is 0. The van der Waals surface area contributed by atoms with Crippen molar-refractivity contribution in [2.24, 2.45) is 0 Å². The number of nitrogens with zero attached hydrogens (tertiary/aromatic N) is 4. The van der Waals surface area contributed by atoms with Crippen molar-refractivity contribution >= 4 is 27.4 Å². The number of carbonyl (C=O) groups excluding carboxylic acids is 1. The summed E-state index contributed by atoms with van der Waals surface area (Å²) in [6.45, 7) is 3.84. The quantitative estimate of drug-likeness (QED) is 0.385. The SMILES string of the molecule is Cc1cc(C(=O)CSc2nc(C3CC3)n(-c3ccccc3)n2)c(C)n1[C@H]1CCS(=O)(=O)C1. The smallest absolute Gasteiger partial charge is 0.209 e. The molecule has 0 amide bonds. The van der Waals surface area contributed by atoms with Gasteiger partial charge in [0.2, 0.25) is 5.16 Å². The lowest BCUT2D eigenvalue weighted by Gasteiger charge is -2.16. The van der Waals surface area contributed by atoms with E-state index in [1.807, 2.05) is 59.5 Å². The molecule has 1 saturated carbocycles. The number of aromatic nitrogens is 4. The molecule has 5 rings (SSSR count). The summed E-state index contributed by atoms with van der Waals surface area (Å²) in [4.78, 5) is 17.8. The number of hydrogen-bond acceptors (Lipinski definition) is 6. The molecular weight excluding hydrogens is 444 g/mol. The molecule has 3 aromatic rings. The lowest BCUT2D eigenvalue weighted by molar-refractivity contribution is 0.102. The number of thioether (sulfide) groups is 1. The molecule has 1 aliphatic heterocycles. The molecule has 0 radical (unpaired) electrons. The van der Waals surface area contributed by atoms with Crippen molar-refractivity contribution in [3.05, 3.63) is 59.2 Å². The first kappa shape index (κ1) is 21.5. The first-order valence-electron chi connectivity index (χ1n) is 10.9. The van der Waals surface area contributed by atoms with Crippen LogP contribution in [0.5, 0.6) is 0 Å². The van der Waals surface area contributed by atoms with E-state index in [0.29, 0.717) is 23.1 Å². The second-order valence-corrected chi connectivity index (χ2v) is 11.9. The van der Waals surface area contributed by atoms with Gasteiger partial charge in [-0.15, -0.1) is 5.10 Å². The summed E-state index contributed by atoms with van der Waals surface area (Å²) in [7, 11) is -2.99. The summed E-state index contributed by atoms with van der Waals surface area (Å²) in [6, 6.07) is 11.8. The van der Waals surface area contributed by atoms with Gasteiger partial charge in [-0.2, -0.15) is 0 Å². The van der Waals surface area contributed by atoms with E-state index >= 15 is 0 Å². The highest BCUT2D eigenvalue weighted by Gasteiger charge is 2.32. The Kier molecular flexibility index (Phi) is 5.49. The van der Waals surface area contributed by atoms with E-state index in [-0.39, 0.29) is 29.1 Å². The van der Waals surface area contributed by atoms with Crippen LogP contribution in [0.15, 0.2) is 41.6 Å². The number of aryl methyl sites for hydroxylation is 1. The fourth-order valence-electron chi connectivity index (χ4n) is 4.54. The molecular formula is C23H26N4O3S2. The van der Waals surface area contributed by atoms with Crippen LogP contribution in [-0.2, 0) is 9.84 Å². The van der Waals surface area contributed by atoms with Crippen LogP contribution in [0.4, 0.5) is 0 Å². The first-order chi connectivity index (χ1) is 15.3. The van der Waals surface area contributed by atoms with Crippen LogP contribution >= 0.6 is 11.8 Å². The predicted molar refractivity (Wildman–Crippen MR) is 125 cm³/mol. The second kappa shape index (κ2) is 8.19. The predicted octanol–water partition coefficient (Wildman–Crippen LogP) is 3.90. The zero-order chi connectivity index (χ0) is 22.5. The van der Waals surface area contributed by atoms with Gasteiger partial charge >= 0.3 is 0 Å². The summed E-state index contributed by atoms with van der Waals surface area (Å²) in [5.41, 5.74) is 3.41. The molecule has 1 aliphatic carbocycles. The van der Waals surface area contributed by atoms with Crippen molar-refractivity contribution < 1.29 is 13.2 Å². The molecule has 0 spiro atoms. The highest BCUT2D eigenvalue weighted by molar-refractivity contribution is 7.99. The molecule has 0 unspecified atom stereocenters. The van der Waals surface area contributed by atoms with Crippen LogP contribution in [0.25, 0.3) is 5.69 Å². The van der Waals surface area contributed by atoms with Gasteiger partial charge in [-0.05, 0) is 51.3 Å². The topological polar surface area (TPSA) is 86.8 Å². The molecule has 2 aromatic heterocycles. The normalized spacial score (nSPS) is 20.0. The third kappa shape index (κ3) is 4.15. The number of Topliss-reactive ketones (excluding diaryl/α,β-unsaturated/α-hetero) is 1. The van der Waals surface area contributed by atoms with Crippen LogP contribution in [0.3, 0.4) is 0 Å². The molecule has 2 aliphatic rings. The largest absolute Gasteiger partial charge is 0.344 e. The number of benzene rings is 1. The average Bonchev–Trinajstić information content (AvgIpc) is 3.32. The summed E-state index contributed by atoms with van der Waals surface area (Å²) >= 11 is 1.36. The van der Waals surface area contributed by atoms with Crippen molar-refractivity contribution in [2.75, 3.05) is 17.3 Å². The molecule has 7 nitrogen and oxygen atoms in total. The average molecular weight is 471 g/mol. The minimum atomic E-state index is -2.99. The Morgan fingerprint density at radius 2 is 1.91 bits per heavy atom. The van der Waals surface area contributed by atoms with Crippen LogP contribution in [-0.4, -0.2) is 50.8 Å². The molecule has 1 saturated heterocycles. The minimum absolute atomic E-state index is 0.0132. The lowest BCUT2D eigenvalue weighted by Crippen LogP contribution is -2.14. The van der Waals surface area contributed by atoms with Crippen LogP contribution in [0.1, 0.15) is 58.8 Å². The molecule has 1 atom stereocenters. The molecule has 168 valence electrons. The van der Waals surface area contributed by atoms with E-state index in [1.165, 1.54) is 11.8 Å². The Labute approximate surface area is 192 Å². The molecule has 3 heterocycles. The lowest BCUT2D eigenvalue weighted by atomic mass is 10.2. The van der Waals surface area contributed by atoms with Gasteiger partial charge < -0.3 is 4.57 Å². The fourth-order valence-corrected chi connectivity index (χ4v) is 6.95. The van der Waals surface area contributed by atoms with E-state index < -0.39 is 9.84 Å². The number of para-hydroxylation sites is 1. The van der Waals surface area contributed by atoms with E-state index in [4.69, 9.17) is 4.98 Å². The van der Waals surface area contributed by atoms with Gasteiger partial charge in [0.15, 0.2) is 15.6 Å². The second-order valence-electron chi connectivity index (χ2n) is 8.70. The Balaban J connectivity index is 1.33. The van der Waals surface area contributed by atoms with E-state index in [9.17, 15) is 13.2 Å². The Hall–Kier alpha value is -2.39. The van der Waals surface area contributed by atoms with Gasteiger partial charge in [-0.25, -0.2) is 18.1 Å². The molecule has 32 heavy (non-hydrogen) atoms. The Bertz CT molecular complexity index is 1270. The van der Waals surface area contributed by atoms with Crippen molar-refractivity contribution in [3.63, 3.8) is 0 Å². The summed E-state index contributed by atoms with van der Waals surface area (Å²) < 4.78 is 27.8. The zero-order valence-corrected chi connectivity index (χ0v) is 19.8. The number of sulfone groups is 1. The van der Waals surface area contributed by atoms with Gasteiger partial charge in [0, 0.05) is 28.9 Å². The van der Waals surface area contributed by atoms with Gasteiger partial charge in [0.1, 0.15) is 5.82 Å². The van der Waals surface area contributed by atoms with Gasteiger partial charge in [-0.1, -0.05) is 30.0 Å². The van der Waals surface area contributed by atoms with Crippen molar-refractivity contribution in [2.45, 2.75) is 50.2 Å². The number of carbonyl (C=O) groups is 1. The van der Waals surface area contributed by atoms with Crippen molar-refractivity contribution in [1.82, 2.24) is 19.3 Å². The maximum absolute atomic E-state index is 13.0. The first-order valence-corrected chi connectivity index (χ1v) is 13.7. The standard InChI is InChI=1S/C23H26N4O3S2/c1-15-12-20(16(2)26(15)19-10-11-32(29,30)14-19)21(28)13-31-23-24-22(17-8-9-17)27(25-23)18-6-4-3-5-7-18/h3-7,12,17,19H,8-11,13-14H2,1-2H3/t19-/m0/s1. The highest BCUT2D eigenvalue weighted by atomic mass is 32.2. The van der Waals surface area contributed by atoms with Gasteiger partial charge in [0.05, 0.1) is 22.9 Å². The third-order valence-electron chi connectivity index (χ3n) is 6.25. The van der Waals surface area contributed by atoms with E-state index in [0.717, 1.165) is 35.7 Å². The molecule has 0 N–H and O–H groups in total. The molecule has 2 fully saturated rings. The number of ketones is 1. The van der Waals surface area contributed by atoms with Crippen LogP contribution in [0, 0.1) is 13.8 Å². The van der Waals surface area contributed by atoms with Crippen LogP contribution in [0.2, 0.25) is 0 Å². The molecule has 0 bridgehead atoms. The molecule has 1 aromatic carbocycles.